The molecule has 0 saturated heterocycles. The highest BCUT2D eigenvalue weighted by atomic mass is 14.4. The largest absolute Gasteiger partial charge is 0.0905 e. The van der Waals surface area contributed by atoms with E-state index in [4.69, 9.17) is 0 Å². The van der Waals surface area contributed by atoms with Crippen molar-refractivity contribution in [3.63, 3.8) is 0 Å². The van der Waals surface area contributed by atoms with E-state index in [1.54, 1.807) is 0 Å². The predicted octanol–water partition coefficient (Wildman–Crippen LogP) is 9.16. The molecule has 160 valence electrons. The molecule has 1 aliphatic carbocycles. The Balaban J connectivity index is 0.000000771. The van der Waals surface area contributed by atoms with Gasteiger partial charge in [-0.05, 0) is 70.9 Å². The third kappa shape index (κ3) is 5.84. The number of benzene rings is 2. The average molecular weight is 393 g/mol. The Morgan fingerprint density at radius 1 is 0.828 bits per heavy atom. The lowest BCUT2D eigenvalue weighted by molar-refractivity contribution is 0.331. The van der Waals surface area contributed by atoms with Gasteiger partial charge in [0.2, 0.25) is 0 Å². The van der Waals surface area contributed by atoms with Crippen LogP contribution in [0.2, 0.25) is 0 Å². The van der Waals surface area contributed by atoms with Crippen molar-refractivity contribution in [2.45, 2.75) is 99.3 Å². The van der Waals surface area contributed by atoms with E-state index in [1.165, 1.54) is 52.6 Å². The van der Waals surface area contributed by atoms with E-state index in [9.17, 15) is 0 Å². The van der Waals surface area contributed by atoms with E-state index >= 15 is 0 Å². The minimum atomic E-state index is 0.237. The van der Waals surface area contributed by atoms with Gasteiger partial charge in [0, 0.05) is 0 Å². The maximum atomic E-state index is 4.42. The van der Waals surface area contributed by atoms with Gasteiger partial charge in [0.15, 0.2) is 0 Å². The van der Waals surface area contributed by atoms with Crippen molar-refractivity contribution in [3.05, 3.63) is 76.4 Å². The van der Waals surface area contributed by atoms with Gasteiger partial charge in [-0.3, -0.25) is 0 Å². The normalized spacial score (nSPS) is 15.8. The van der Waals surface area contributed by atoms with E-state index in [1.807, 2.05) is 13.8 Å². The van der Waals surface area contributed by atoms with Crippen LogP contribution in [0.4, 0.5) is 0 Å². The van der Waals surface area contributed by atoms with Gasteiger partial charge in [-0.2, -0.15) is 0 Å². The predicted molar refractivity (Wildman–Crippen MR) is 133 cm³/mol. The van der Waals surface area contributed by atoms with Crippen molar-refractivity contribution in [2.75, 3.05) is 0 Å². The first-order valence-electron chi connectivity index (χ1n) is 11.5. The summed E-state index contributed by atoms with van der Waals surface area (Å²) < 4.78 is 0. The Labute approximate surface area is 181 Å². The van der Waals surface area contributed by atoms with Crippen LogP contribution in [-0.4, -0.2) is 0 Å². The van der Waals surface area contributed by atoms with E-state index in [2.05, 4.69) is 98.4 Å². The van der Waals surface area contributed by atoms with Crippen molar-refractivity contribution < 1.29 is 0 Å². The van der Waals surface area contributed by atoms with Crippen LogP contribution < -0.4 is 0 Å². The van der Waals surface area contributed by atoms with E-state index in [0.717, 1.165) is 5.57 Å². The quantitative estimate of drug-likeness (QED) is 0.478. The van der Waals surface area contributed by atoms with Crippen molar-refractivity contribution in [3.8, 4) is 0 Å². The van der Waals surface area contributed by atoms with Crippen LogP contribution in [0.3, 0.4) is 0 Å². The molecule has 0 N–H and O–H groups in total. The first kappa shape index (κ1) is 25.2. The number of aryl methyl sites for hydroxylation is 2. The molecule has 0 heteroatoms. The van der Waals surface area contributed by atoms with Gasteiger partial charge in [-0.1, -0.05) is 110 Å². The lowest BCUT2D eigenvalue weighted by Crippen LogP contribution is -2.34. The first-order chi connectivity index (χ1) is 13.5. The molecule has 0 atom stereocenters. The molecule has 0 saturated carbocycles. The van der Waals surface area contributed by atoms with E-state index < -0.39 is 0 Å². The Hall–Kier alpha value is -1.82. The minimum absolute atomic E-state index is 0.237. The fraction of sp³-hybridized carbons (Fsp3) is 0.517. The van der Waals surface area contributed by atoms with Crippen molar-refractivity contribution in [1.29, 1.82) is 0 Å². The van der Waals surface area contributed by atoms with Crippen LogP contribution in [0.15, 0.2) is 43.0 Å². The summed E-state index contributed by atoms with van der Waals surface area (Å²) in [4.78, 5) is 0. The van der Waals surface area contributed by atoms with Crippen molar-refractivity contribution in [1.82, 2.24) is 0 Å². The lowest BCUT2D eigenvalue weighted by atomic mass is 9.62. The summed E-state index contributed by atoms with van der Waals surface area (Å²) in [6.45, 7) is 26.6. The second-order valence-electron chi connectivity index (χ2n) is 9.53. The molecule has 0 unspecified atom stereocenters. The third-order valence-electron chi connectivity index (χ3n) is 5.92. The summed E-state index contributed by atoms with van der Waals surface area (Å²) in [5.74, 6) is 0. The Morgan fingerprint density at radius 2 is 1.24 bits per heavy atom. The maximum absolute atomic E-state index is 4.42. The van der Waals surface area contributed by atoms with E-state index in [-0.39, 0.29) is 10.8 Å². The summed E-state index contributed by atoms with van der Waals surface area (Å²) in [5, 5.41) is 0. The zero-order valence-corrected chi connectivity index (χ0v) is 20.8. The molecule has 3 rings (SSSR count). The van der Waals surface area contributed by atoms with Crippen LogP contribution in [0.1, 0.15) is 108 Å². The molecular formula is C29H44. The minimum Gasteiger partial charge on any atom is -0.0905 e. The molecular weight excluding hydrogens is 348 g/mol. The molecule has 2 aromatic carbocycles. The van der Waals surface area contributed by atoms with Crippen LogP contribution in [0, 0.1) is 13.8 Å². The fourth-order valence-electron chi connectivity index (χ4n) is 3.96. The van der Waals surface area contributed by atoms with Gasteiger partial charge in [0.05, 0.1) is 0 Å². The van der Waals surface area contributed by atoms with Crippen molar-refractivity contribution >= 4 is 5.57 Å². The maximum Gasteiger partial charge on any atom is -0.0100 e. The van der Waals surface area contributed by atoms with Gasteiger partial charge in [-0.15, -0.1) is 0 Å². The second-order valence-corrected chi connectivity index (χ2v) is 9.53. The molecule has 0 aromatic heterocycles. The van der Waals surface area contributed by atoms with Crippen LogP contribution in [0.25, 0.3) is 5.57 Å². The monoisotopic (exact) mass is 392 g/mol. The number of hydrogen-bond acceptors (Lipinski definition) is 0. The third-order valence-corrected chi connectivity index (χ3v) is 5.92. The van der Waals surface area contributed by atoms with Crippen molar-refractivity contribution in [2.24, 2.45) is 0 Å². The summed E-state index contributed by atoms with van der Waals surface area (Å²) in [7, 11) is 0. The standard InChI is InChI=1S/C24H30.C3H8.C2H6/c1-16-8-10-19(11-9-16)18(3)20-15-22-21(14-17(20)2)23(4,5)12-13-24(22,6)7;1-3-2;1-2/h8-11,14-15H,3,12-13H2,1-2,4-7H3;3H2,1-2H3;1-2H3. The zero-order valence-electron chi connectivity index (χ0n) is 20.8. The molecule has 0 nitrogen and oxygen atoms in total. The Morgan fingerprint density at radius 3 is 1.69 bits per heavy atom. The molecule has 0 radical (unpaired) electrons. The molecule has 0 amide bonds. The summed E-state index contributed by atoms with van der Waals surface area (Å²) in [6, 6.07) is 13.6. The van der Waals surface area contributed by atoms with Gasteiger partial charge in [0.25, 0.3) is 0 Å². The fourth-order valence-corrected chi connectivity index (χ4v) is 3.96. The molecule has 0 aliphatic heterocycles. The summed E-state index contributed by atoms with van der Waals surface area (Å²) in [5.41, 5.74) is 9.81. The SMILES string of the molecule is C=C(c1ccc(C)cc1)c1cc2c(cc1C)C(C)(C)CCC2(C)C.CC.CCC. The van der Waals surface area contributed by atoms with Crippen LogP contribution >= 0.6 is 0 Å². The van der Waals surface area contributed by atoms with Crippen LogP contribution in [0.5, 0.6) is 0 Å². The topological polar surface area (TPSA) is 0 Å². The highest BCUT2D eigenvalue weighted by molar-refractivity contribution is 5.80. The number of hydrogen-bond donors (Lipinski definition) is 0. The lowest BCUT2D eigenvalue weighted by Gasteiger charge is -2.42. The molecule has 0 fully saturated rings. The Bertz CT molecular complexity index is 801. The highest BCUT2D eigenvalue weighted by Crippen LogP contribution is 2.47. The van der Waals surface area contributed by atoms with E-state index in [0.29, 0.717) is 0 Å². The number of rotatable bonds is 2. The van der Waals surface area contributed by atoms with Gasteiger partial charge >= 0.3 is 0 Å². The molecule has 1 aliphatic rings. The highest BCUT2D eigenvalue weighted by Gasteiger charge is 2.37. The molecule has 0 bridgehead atoms. The first-order valence-corrected chi connectivity index (χ1v) is 11.5. The molecule has 0 spiro atoms. The molecule has 29 heavy (non-hydrogen) atoms. The second kappa shape index (κ2) is 10.3. The summed E-state index contributed by atoms with van der Waals surface area (Å²) >= 11 is 0. The molecule has 0 heterocycles. The van der Waals surface area contributed by atoms with Gasteiger partial charge < -0.3 is 0 Å². The average Bonchev–Trinajstić information content (AvgIpc) is 2.68. The van der Waals surface area contributed by atoms with Crippen LogP contribution in [-0.2, 0) is 10.8 Å². The zero-order chi connectivity index (χ0) is 22.4. The number of fused-ring (bicyclic) bond motifs is 1. The summed E-state index contributed by atoms with van der Waals surface area (Å²) in [6.07, 6.45) is 3.75. The van der Waals surface area contributed by atoms with Gasteiger partial charge in [0.1, 0.15) is 0 Å². The smallest absolute Gasteiger partial charge is 0.0100 e. The molecule has 2 aromatic rings. The Kier molecular flexibility index (Phi) is 8.94. The van der Waals surface area contributed by atoms with Gasteiger partial charge in [-0.25, -0.2) is 0 Å².